The fraction of sp³-hybridized carbons (Fsp3) is 0.913. The van der Waals surface area contributed by atoms with Gasteiger partial charge >= 0.3 is 11.9 Å². The summed E-state index contributed by atoms with van der Waals surface area (Å²) < 4.78 is 5.61. The van der Waals surface area contributed by atoms with Crippen molar-refractivity contribution in [3.05, 3.63) is 12.2 Å². The fourth-order valence-electron chi connectivity index (χ4n) is 7.14. The van der Waals surface area contributed by atoms with E-state index in [9.17, 15) is 14.7 Å². The van der Waals surface area contributed by atoms with E-state index >= 15 is 0 Å². The minimum atomic E-state index is -0.874. The molecule has 1 N–H and O–H groups in total. The largest absolute Gasteiger partial charge is 0.481 e. The van der Waals surface area contributed by atoms with Crippen LogP contribution < -0.4 is 0 Å². The summed E-state index contributed by atoms with van der Waals surface area (Å²) in [6.07, 6.45) is 52.5. The summed E-state index contributed by atoms with van der Waals surface area (Å²) in [5.41, 5.74) is 0. The van der Waals surface area contributed by atoms with E-state index in [4.69, 9.17) is 4.74 Å². The molecule has 0 aliphatic rings. The number of carboxylic acids is 1. The van der Waals surface area contributed by atoms with Gasteiger partial charge < -0.3 is 9.84 Å². The Morgan fingerprint density at radius 3 is 1.08 bits per heavy atom. The van der Waals surface area contributed by atoms with Crippen LogP contribution >= 0.6 is 0 Å². The van der Waals surface area contributed by atoms with Crippen LogP contribution in [0.15, 0.2) is 12.2 Å². The molecular formula is C46H88O4. The summed E-state index contributed by atoms with van der Waals surface area (Å²) >= 11 is 0. The molecule has 1 atom stereocenters. The maximum absolute atomic E-state index is 12.4. The van der Waals surface area contributed by atoms with Crippen molar-refractivity contribution < 1.29 is 19.4 Å². The van der Waals surface area contributed by atoms with E-state index in [0.717, 1.165) is 25.7 Å². The van der Waals surface area contributed by atoms with Crippen LogP contribution in [0.5, 0.6) is 0 Å². The minimum absolute atomic E-state index is 0.0685. The molecule has 0 bridgehead atoms. The van der Waals surface area contributed by atoms with E-state index in [1.165, 1.54) is 205 Å². The van der Waals surface area contributed by atoms with Crippen molar-refractivity contribution in [1.82, 2.24) is 0 Å². The molecule has 0 aromatic rings. The number of allylic oxidation sites excluding steroid dienone is 2. The number of hydrogen-bond donors (Lipinski definition) is 1. The van der Waals surface area contributed by atoms with Gasteiger partial charge in [0, 0.05) is 6.42 Å². The van der Waals surface area contributed by atoms with Gasteiger partial charge in [0.2, 0.25) is 0 Å². The topological polar surface area (TPSA) is 63.6 Å². The Morgan fingerprint density at radius 2 is 0.740 bits per heavy atom. The first kappa shape index (κ1) is 48.7. The molecule has 0 radical (unpaired) electrons. The summed E-state index contributed by atoms with van der Waals surface area (Å²) in [6.45, 7) is 4.56. The molecule has 0 aromatic carbocycles. The third-order valence-electron chi connectivity index (χ3n) is 10.5. The van der Waals surface area contributed by atoms with Crippen molar-refractivity contribution in [2.75, 3.05) is 0 Å². The Hall–Kier alpha value is -1.32. The van der Waals surface area contributed by atoms with Crippen LogP contribution in [-0.2, 0) is 14.3 Å². The van der Waals surface area contributed by atoms with E-state index < -0.39 is 12.1 Å². The summed E-state index contributed by atoms with van der Waals surface area (Å²) in [5.74, 6) is -1.09. The molecule has 0 spiro atoms. The molecule has 0 aromatic heterocycles. The molecule has 296 valence electrons. The molecule has 0 heterocycles. The van der Waals surface area contributed by atoms with Crippen molar-refractivity contribution in [3.8, 4) is 0 Å². The second kappa shape index (κ2) is 42.1. The smallest absolute Gasteiger partial charge is 0.307 e. The van der Waals surface area contributed by atoms with E-state index in [1.807, 2.05) is 0 Å². The van der Waals surface area contributed by atoms with Crippen molar-refractivity contribution in [2.24, 2.45) is 0 Å². The van der Waals surface area contributed by atoms with E-state index in [2.05, 4.69) is 26.0 Å². The highest BCUT2D eigenvalue weighted by Gasteiger charge is 2.17. The van der Waals surface area contributed by atoms with Crippen molar-refractivity contribution in [1.29, 1.82) is 0 Å². The molecule has 0 fully saturated rings. The Bertz CT molecular complexity index is 717. The minimum Gasteiger partial charge on any atom is -0.481 e. The standard InChI is InChI=1S/C46H88O4/c1-3-5-7-9-11-13-15-17-19-21-22-23-24-26-28-30-32-34-36-38-40-42-46(49)50-44(43-45(47)48)41-39-37-35-33-31-29-27-25-20-18-16-14-12-10-8-6-4-2/h17,19,44H,3-16,18,20-43H2,1-2H3,(H,47,48)/b19-17-. The molecule has 50 heavy (non-hydrogen) atoms. The number of rotatable bonds is 42. The molecule has 0 amide bonds. The highest BCUT2D eigenvalue weighted by Crippen LogP contribution is 2.18. The number of esters is 1. The molecule has 0 rings (SSSR count). The van der Waals surface area contributed by atoms with Crippen LogP contribution in [0.4, 0.5) is 0 Å². The van der Waals surface area contributed by atoms with Crippen molar-refractivity contribution in [2.45, 2.75) is 270 Å². The molecule has 4 nitrogen and oxygen atoms in total. The van der Waals surface area contributed by atoms with E-state index in [0.29, 0.717) is 12.8 Å². The highest BCUT2D eigenvalue weighted by molar-refractivity contribution is 5.71. The summed E-state index contributed by atoms with van der Waals surface area (Å²) in [4.78, 5) is 23.7. The van der Waals surface area contributed by atoms with E-state index in [-0.39, 0.29) is 12.4 Å². The number of unbranched alkanes of at least 4 members (excludes halogenated alkanes) is 33. The van der Waals surface area contributed by atoms with Gasteiger partial charge in [0.05, 0.1) is 6.42 Å². The lowest BCUT2D eigenvalue weighted by atomic mass is 10.0. The van der Waals surface area contributed by atoms with Gasteiger partial charge in [-0.25, -0.2) is 0 Å². The number of ether oxygens (including phenoxy) is 1. The molecule has 0 aliphatic heterocycles. The lowest BCUT2D eigenvalue weighted by Crippen LogP contribution is -2.21. The Balaban J connectivity index is 3.56. The number of carbonyl (C=O) groups excluding carboxylic acids is 1. The Morgan fingerprint density at radius 1 is 0.440 bits per heavy atom. The number of hydrogen-bond acceptors (Lipinski definition) is 3. The Kier molecular flexibility index (Phi) is 41.0. The average Bonchev–Trinajstić information content (AvgIpc) is 3.10. The quantitative estimate of drug-likeness (QED) is 0.0390. The second-order valence-corrected chi connectivity index (χ2v) is 15.6. The maximum Gasteiger partial charge on any atom is 0.307 e. The van der Waals surface area contributed by atoms with Gasteiger partial charge in [-0.05, 0) is 44.9 Å². The molecular weight excluding hydrogens is 617 g/mol. The first-order valence-corrected chi connectivity index (χ1v) is 22.7. The number of carboxylic acid groups (broad SMARTS) is 1. The number of carbonyl (C=O) groups is 2. The van der Waals surface area contributed by atoms with Gasteiger partial charge in [-0.15, -0.1) is 0 Å². The lowest BCUT2D eigenvalue weighted by molar-refractivity contribution is -0.153. The molecule has 0 saturated heterocycles. The fourth-order valence-corrected chi connectivity index (χ4v) is 7.14. The van der Waals surface area contributed by atoms with Gasteiger partial charge in [-0.3, -0.25) is 9.59 Å². The summed E-state index contributed by atoms with van der Waals surface area (Å²) in [7, 11) is 0. The zero-order chi connectivity index (χ0) is 36.4. The van der Waals surface area contributed by atoms with Gasteiger partial charge in [0.25, 0.3) is 0 Å². The normalized spacial score (nSPS) is 12.2. The van der Waals surface area contributed by atoms with E-state index in [1.54, 1.807) is 0 Å². The lowest BCUT2D eigenvalue weighted by Gasteiger charge is -2.16. The summed E-state index contributed by atoms with van der Waals surface area (Å²) in [6, 6.07) is 0. The summed E-state index contributed by atoms with van der Waals surface area (Å²) in [5, 5.41) is 9.30. The first-order chi connectivity index (χ1) is 24.6. The van der Waals surface area contributed by atoms with Gasteiger partial charge in [0.15, 0.2) is 0 Å². The average molecular weight is 705 g/mol. The van der Waals surface area contributed by atoms with Crippen LogP contribution in [0.2, 0.25) is 0 Å². The van der Waals surface area contributed by atoms with Crippen molar-refractivity contribution in [3.63, 3.8) is 0 Å². The first-order valence-electron chi connectivity index (χ1n) is 22.7. The highest BCUT2D eigenvalue weighted by atomic mass is 16.5. The predicted molar refractivity (Wildman–Crippen MR) is 218 cm³/mol. The SMILES string of the molecule is CCCCCCCC/C=C\CCCCCCCCCCCCCC(=O)OC(CCCCCCCCCCCCCCCCCCC)CC(=O)O. The van der Waals surface area contributed by atoms with Crippen LogP contribution in [0.3, 0.4) is 0 Å². The Labute approximate surface area is 313 Å². The van der Waals surface area contributed by atoms with Gasteiger partial charge in [0.1, 0.15) is 6.10 Å². The molecule has 1 unspecified atom stereocenters. The van der Waals surface area contributed by atoms with Crippen LogP contribution in [-0.4, -0.2) is 23.1 Å². The predicted octanol–water partition coefficient (Wildman–Crippen LogP) is 15.8. The van der Waals surface area contributed by atoms with Crippen molar-refractivity contribution >= 4 is 11.9 Å². The van der Waals surface area contributed by atoms with Crippen LogP contribution in [0.1, 0.15) is 264 Å². The second-order valence-electron chi connectivity index (χ2n) is 15.6. The van der Waals surface area contributed by atoms with Crippen LogP contribution in [0, 0.1) is 0 Å². The zero-order valence-electron chi connectivity index (χ0n) is 34.0. The third kappa shape index (κ3) is 41.1. The molecule has 0 saturated carbocycles. The van der Waals surface area contributed by atoms with Gasteiger partial charge in [-0.2, -0.15) is 0 Å². The molecule has 0 aliphatic carbocycles. The monoisotopic (exact) mass is 705 g/mol. The maximum atomic E-state index is 12.4. The molecule has 4 heteroatoms. The number of aliphatic carboxylic acids is 1. The zero-order valence-corrected chi connectivity index (χ0v) is 34.0. The van der Waals surface area contributed by atoms with Gasteiger partial charge in [-0.1, -0.05) is 219 Å². The van der Waals surface area contributed by atoms with Crippen LogP contribution in [0.25, 0.3) is 0 Å². The third-order valence-corrected chi connectivity index (χ3v) is 10.5.